The Morgan fingerprint density at radius 3 is 2.78 bits per heavy atom. The molecule has 27 heavy (non-hydrogen) atoms. The van der Waals surface area contributed by atoms with E-state index >= 15 is 0 Å². The highest BCUT2D eigenvalue weighted by Gasteiger charge is 2.19. The van der Waals surface area contributed by atoms with Crippen molar-refractivity contribution in [3.05, 3.63) is 60.0 Å². The summed E-state index contributed by atoms with van der Waals surface area (Å²) in [5.74, 6) is -0.257. The van der Waals surface area contributed by atoms with Gasteiger partial charge in [0.15, 0.2) is 0 Å². The first-order valence-corrected chi connectivity index (χ1v) is 9.02. The quantitative estimate of drug-likeness (QED) is 0.662. The molecular formula is C20H21N5O2. The molecule has 4 rings (SSSR count). The van der Waals surface area contributed by atoms with Gasteiger partial charge in [-0.3, -0.25) is 9.20 Å². The van der Waals surface area contributed by atoms with E-state index in [1.807, 2.05) is 37.3 Å². The molecule has 1 saturated carbocycles. The Bertz CT molecular complexity index is 1010. The summed E-state index contributed by atoms with van der Waals surface area (Å²) >= 11 is 0. The van der Waals surface area contributed by atoms with Gasteiger partial charge in [0.1, 0.15) is 11.3 Å². The molecular weight excluding hydrogens is 342 g/mol. The van der Waals surface area contributed by atoms with Gasteiger partial charge in [0.05, 0.1) is 6.20 Å². The number of hydrogen-bond donors (Lipinski definition) is 3. The van der Waals surface area contributed by atoms with Crippen molar-refractivity contribution < 1.29 is 9.59 Å². The van der Waals surface area contributed by atoms with Crippen LogP contribution in [0.1, 0.15) is 35.3 Å². The summed E-state index contributed by atoms with van der Waals surface area (Å²) in [7, 11) is 0. The molecule has 3 aromatic rings. The van der Waals surface area contributed by atoms with Crippen molar-refractivity contribution in [3.63, 3.8) is 0 Å². The topological polar surface area (TPSA) is 87.5 Å². The van der Waals surface area contributed by atoms with Gasteiger partial charge < -0.3 is 16.0 Å². The van der Waals surface area contributed by atoms with E-state index in [-0.39, 0.29) is 18.0 Å². The summed E-state index contributed by atoms with van der Waals surface area (Å²) in [6.07, 6.45) is 6.57. The number of amides is 3. The molecule has 1 aliphatic carbocycles. The number of carbonyl (C=O) groups excluding carboxylic acids is 2. The molecule has 0 spiro atoms. The SMILES string of the molecule is Cc1ccc(NC(=O)NC2CCC2)cc1NC(=O)c1cnc2ccccn12. The monoisotopic (exact) mass is 363 g/mol. The number of fused-ring (bicyclic) bond motifs is 1. The zero-order chi connectivity index (χ0) is 18.8. The minimum atomic E-state index is -0.257. The number of nitrogens with one attached hydrogen (secondary N) is 3. The maximum Gasteiger partial charge on any atom is 0.319 e. The van der Waals surface area contributed by atoms with Gasteiger partial charge in [0.25, 0.3) is 5.91 Å². The lowest BCUT2D eigenvalue weighted by Gasteiger charge is -2.26. The number of rotatable bonds is 4. The first kappa shape index (κ1) is 17.1. The summed E-state index contributed by atoms with van der Waals surface area (Å²) in [6, 6.07) is 11.1. The molecule has 2 aromatic heterocycles. The third-order valence-electron chi connectivity index (χ3n) is 4.83. The number of aryl methyl sites for hydroxylation is 1. The van der Waals surface area contributed by atoms with Gasteiger partial charge in [0.2, 0.25) is 0 Å². The van der Waals surface area contributed by atoms with E-state index < -0.39 is 0 Å². The van der Waals surface area contributed by atoms with Crippen LogP contribution < -0.4 is 16.0 Å². The average Bonchev–Trinajstić information content (AvgIpc) is 3.05. The Kier molecular flexibility index (Phi) is 4.50. The molecule has 0 atom stereocenters. The van der Waals surface area contributed by atoms with Crippen molar-refractivity contribution >= 4 is 29.0 Å². The molecule has 0 radical (unpaired) electrons. The second kappa shape index (κ2) is 7.11. The Morgan fingerprint density at radius 1 is 1.15 bits per heavy atom. The lowest BCUT2D eigenvalue weighted by Crippen LogP contribution is -2.41. The summed E-state index contributed by atoms with van der Waals surface area (Å²) in [6.45, 7) is 1.91. The predicted octanol–water partition coefficient (Wildman–Crippen LogP) is 3.57. The van der Waals surface area contributed by atoms with Gasteiger partial charge in [-0.15, -0.1) is 0 Å². The zero-order valence-electron chi connectivity index (χ0n) is 15.0. The number of pyridine rings is 1. The van der Waals surface area contributed by atoms with Crippen LogP contribution in [0, 0.1) is 6.92 Å². The normalized spacial score (nSPS) is 13.8. The average molecular weight is 363 g/mol. The fraction of sp³-hybridized carbons (Fsp3) is 0.250. The highest BCUT2D eigenvalue weighted by atomic mass is 16.2. The minimum Gasteiger partial charge on any atom is -0.335 e. The highest BCUT2D eigenvalue weighted by molar-refractivity contribution is 6.04. The number of carbonyl (C=O) groups is 2. The van der Waals surface area contributed by atoms with Crippen LogP contribution in [0.5, 0.6) is 0 Å². The van der Waals surface area contributed by atoms with Crippen LogP contribution in [0.3, 0.4) is 0 Å². The van der Waals surface area contributed by atoms with Gasteiger partial charge >= 0.3 is 6.03 Å². The molecule has 1 fully saturated rings. The van der Waals surface area contributed by atoms with E-state index in [0.717, 1.165) is 24.8 Å². The molecule has 7 nitrogen and oxygen atoms in total. The fourth-order valence-electron chi connectivity index (χ4n) is 3.03. The van der Waals surface area contributed by atoms with Gasteiger partial charge in [-0.2, -0.15) is 0 Å². The van der Waals surface area contributed by atoms with Crippen molar-refractivity contribution in [2.75, 3.05) is 10.6 Å². The molecule has 0 aliphatic heterocycles. The molecule has 138 valence electrons. The lowest BCUT2D eigenvalue weighted by molar-refractivity contribution is 0.102. The molecule has 2 heterocycles. The Morgan fingerprint density at radius 2 is 2.00 bits per heavy atom. The Balaban J connectivity index is 1.49. The molecule has 0 unspecified atom stereocenters. The zero-order valence-corrected chi connectivity index (χ0v) is 15.0. The maximum absolute atomic E-state index is 12.7. The van der Waals surface area contributed by atoms with Crippen LogP contribution in [0.2, 0.25) is 0 Å². The largest absolute Gasteiger partial charge is 0.335 e. The van der Waals surface area contributed by atoms with Crippen molar-refractivity contribution in [1.29, 1.82) is 0 Å². The van der Waals surface area contributed by atoms with Gasteiger partial charge in [0, 0.05) is 23.6 Å². The third kappa shape index (κ3) is 3.62. The van der Waals surface area contributed by atoms with E-state index in [0.29, 0.717) is 22.7 Å². The first-order chi connectivity index (χ1) is 13.1. The van der Waals surface area contributed by atoms with Crippen molar-refractivity contribution in [3.8, 4) is 0 Å². The number of urea groups is 1. The molecule has 3 N–H and O–H groups in total. The maximum atomic E-state index is 12.7. The van der Waals surface area contributed by atoms with Crippen molar-refractivity contribution in [1.82, 2.24) is 14.7 Å². The van der Waals surface area contributed by atoms with E-state index in [9.17, 15) is 9.59 Å². The predicted molar refractivity (Wildman–Crippen MR) is 104 cm³/mol. The van der Waals surface area contributed by atoms with E-state index in [4.69, 9.17) is 0 Å². The van der Waals surface area contributed by atoms with Crippen LogP contribution >= 0.6 is 0 Å². The summed E-state index contributed by atoms with van der Waals surface area (Å²) < 4.78 is 1.73. The Labute approximate surface area is 156 Å². The molecule has 7 heteroatoms. The fourth-order valence-corrected chi connectivity index (χ4v) is 3.03. The van der Waals surface area contributed by atoms with Crippen LogP contribution in [-0.4, -0.2) is 27.4 Å². The van der Waals surface area contributed by atoms with Crippen LogP contribution in [-0.2, 0) is 0 Å². The highest BCUT2D eigenvalue weighted by Crippen LogP contribution is 2.22. The summed E-state index contributed by atoms with van der Waals surface area (Å²) in [5.41, 5.74) is 3.34. The van der Waals surface area contributed by atoms with Crippen LogP contribution in [0.4, 0.5) is 16.2 Å². The number of nitrogens with zero attached hydrogens (tertiary/aromatic N) is 2. The van der Waals surface area contributed by atoms with Gasteiger partial charge in [-0.05, 0) is 56.0 Å². The van der Waals surface area contributed by atoms with Crippen molar-refractivity contribution in [2.24, 2.45) is 0 Å². The number of anilines is 2. The standard InChI is InChI=1S/C20H21N5O2/c1-13-8-9-15(23-20(27)22-14-5-4-6-14)11-16(13)24-19(26)17-12-21-18-7-2-3-10-25(17)18/h2-3,7-12,14H,4-6H2,1H3,(H,24,26)(H2,22,23,27). The van der Waals surface area contributed by atoms with Crippen LogP contribution in [0.15, 0.2) is 48.8 Å². The number of hydrogen-bond acceptors (Lipinski definition) is 3. The minimum absolute atomic E-state index is 0.220. The van der Waals surface area contributed by atoms with E-state index in [1.54, 1.807) is 22.9 Å². The van der Waals surface area contributed by atoms with E-state index in [1.165, 1.54) is 0 Å². The third-order valence-corrected chi connectivity index (χ3v) is 4.83. The van der Waals surface area contributed by atoms with Crippen molar-refractivity contribution in [2.45, 2.75) is 32.2 Å². The molecule has 0 bridgehead atoms. The van der Waals surface area contributed by atoms with E-state index in [2.05, 4.69) is 20.9 Å². The summed E-state index contributed by atoms with van der Waals surface area (Å²) in [5, 5.41) is 8.67. The van der Waals surface area contributed by atoms with Gasteiger partial charge in [-0.25, -0.2) is 9.78 Å². The summed E-state index contributed by atoms with van der Waals surface area (Å²) in [4.78, 5) is 29.0. The molecule has 3 amide bonds. The lowest BCUT2D eigenvalue weighted by atomic mass is 9.93. The molecule has 0 saturated heterocycles. The number of imidazole rings is 1. The number of benzene rings is 1. The smallest absolute Gasteiger partial charge is 0.319 e. The Hall–Kier alpha value is -3.35. The number of aromatic nitrogens is 2. The second-order valence-corrected chi connectivity index (χ2v) is 6.78. The second-order valence-electron chi connectivity index (χ2n) is 6.78. The molecule has 1 aliphatic rings. The van der Waals surface area contributed by atoms with Crippen LogP contribution in [0.25, 0.3) is 5.65 Å². The van der Waals surface area contributed by atoms with Gasteiger partial charge in [-0.1, -0.05) is 12.1 Å². The first-order valence-electron chi connectivity index (χ1n) is 9.02. The molecule has 1 aromatic carbocycles.